The predicted molar refractivity (Wildman–Crippen MR) is 78.2 cm³/mol. The summed E-state index contributed by atoms with van der Waals surface area (Å²) >= 11 is 0. The Kier molecular flexibility index (Phi) is 6.06. The topological polar surface area (TPSA) is 0 Å². The van der Waals surface area contributed by atoms with Gasteiger partial charge < -0.3 is 0 Å². The summed E-state index contributed by atoms with van der Waals surface area (Å²) in [6.07, 6.45) is 0. The average Bonchev–Trinajstić information content (AvgIpc) is 1.82. The SMILES string of the molecule is C[SiH2]C[Si](C)(C)C[Si](C)(C)C[SiH2]C. The molecule has 80 valence electrons. The molecule has 0 spiro atoms. The van der Waals surface area contributed by atoms with Crippen LogP contribution in [0.5, 0.6) is 0 Å². The lowest BCUT2D eigenvalue weighted by molar-refractivity contribution is 1.46. The number of hydrogen-bond donors (Lipinski definition) is 0. The maximum Gasteiger partial charge on any atom is 0.0416 e. The van der Waals surface area contributed by atoms with Crippen molar-refractivity contribution in [1.29, 1.82) is 0 Å². The van der Waals surface area contributed by atoms with Crippen LogP contribution >= 0.6 is 0 Å². The largest absolute Gasteiger partial charge is 0.0750 e. The quantitative estimate of drug-likeness (QED) is 0.633. The van der Waals surface area contributed by atoms with Crippen molar-refractivity contribution in [3.63, 3.8) is 0 Å². The van der Waals surface area contributed by atoms with E-state index in [4.69, 9.17) is 0 Å². The molecule has 0 saturated carbocycles. The lowest BCUT2D eigenvalue weighted by atomic mass is 11.7. The van der Waals surface area contributed by atoms with Gasteiger partial charge in [-0.25, -0.2) is 0 Å². The molecule has 0 aliphatic carbocycles. The Morgan fingerprint density at radius 1 is 0.769 bits per heavy atom. The van der Waals surface area contributed by atoms with Gasteiger partial charge in [-0.2, -0.15) is 0 Å². The second-order valence-corrected chi connectivity index (χ2v) is 22.1. The molecule has 0 aromatic rings. The third-order valence-electron chi connectivity index (χ3n) is 2.81. The molecule has 0 heterocycles. The summed E-state index contributed by atoms with van der Waals surface area (Å²) in [5, 5.41) is 0. The van der Waals surface area contributed by atoms with Crippen LogP contribution in [0.2, 0.25) is 56.3 Å². The van der Waals surface area contributed by atoms with Crippen LogP contribution in [-0.2, 0) is 0 Å². The first kappa shape index (κ1) is 13.9. The fourth-order valence-corrected chi connectivity index (χ4v) is 28.6. The maximum absolute atomic E-state index is 2.63. The summed E-state index contributed by atoms with van der Waals surface area (Å²) in [5.41, 5.74) is 5.09. The Balaban J connectivity index is 4.07. The molecule has 0 aromatic carbocycles. The highest BCUT2D eigenvalue weighted by molar-refractivity contribution is 6.99. The standard InChI is InChI=1S/C9H28Si4/c1-10-7-12(3,4)9-13(5,6)8-11-2/h7-11H2,1-6H3. The summed E-state index contributed by atoms with van der Waals surface area (Å²) in [4.78, 5) is 0. The minimum Gasteiger partial charge on any atom is -0.0750 e. The predicted octanol–water partition coefficient (Wildman–Crippen LogP) is 2.29. The van der Waals surface area contributed by atoms with Gasteiger partial charge in [-0.15, -0.1) is 0 Å². The van der Waals surface area contributed by atoms with Crippen molar-refractivity contribution in [2.24, 2.45) is 0 Å². The van der Waals surface area contributed by atoms with Gasteiger partial charge in [0.05, 0.1) is 0 Å². The Morgan fingerprint density at radius 3 is 1.31 bits per heavy atom. The maximum atomic E-state index is 2.63. The van der Waals surface area contributed by atoms with Crippen molar-refractivity contribution in [1.82, 2.24) is 0 Å². The Labute approximate surface area is 91.6 Å². The molecule has 0 N–H and O–H groups in total. The van der Waals surface area contributed by atoms with E-state index in [9.17, 15) is 0 Å². The summed E-state index contributed by atoms with van der Waals surface area (Å²) in [7, 11) is -0.816. The van der Waals surface area contributed by atoms with Crippen molar-refractivity contribution < 1.29 is 0 Å². The van der Waals surface area contributed by atoms with Gasteiger partial charge in [-0.05, 0) is 0 Å². The molecule has 0 aliphatic heterocycles. The minimum absolute atomic E-state index is 0.322. The average molecular weight is 249 g/mol. The van der Waals surface area contributed by atoms with E-state index in [1.54, 1.807) is 17.0 Å². The van der Waals surface area contributed by atoms with Gasteiger partial charge in [0.25, 0.3) is 0 Å². The normalized spacial score (nSPS) is 15.2. The molecule has 0 radical (unpaired) electrons. The van der Waals surface area contributed by atoms with E-state index in [2.05, 4.69) is 39.3 Å². The minimum atomic E-state index is -0.730. The van der Waals surface area contributed by atoms with Crippen LogP contribution in [0.4, 0.5) is 0 Å². The third-order valence-corrected chi connectivity index (χ3v) is 25.3. The van der Waals surface area contributed by atoms with Crippen LogP contribution in [0.25, 0.3) is 0 Å². The van der Waals surface area contributed by atoms with Gasteiger partial charge >= 0.3 is 0 Å². The molecular weight excluding hydrogens is 220 g/mol. The zero-order valence-corrected chi connectivity index (χ0v) is 15.4. The zero-order chi connectivity index (χ0) is 10.5. The first-order valence-electron chi connectivity index (χ1n) is 5.83. The first-order valence-corrected chi connectivity index (χ1v) is 17.5. The lowest BCUT2D eigenvalue weighted by Crippen LogP contribution is -2.40. The van der Waals surface area contributed by atoms with Gasteiger partial charge in [-0.1, -0.05) is 56.3 Å². The van der Waals surface area contributed by atoms with Gasteiger partial charge in [0.15, 0.2) is 0 Å². The van der Waals surface area contributed by atoms with E-state index in [1.807, 2.05) is 0 Å². The molecule has 4 heteroatoms. The first-order chi connectivity index (χ1) is 5.83. The van der Waals surface area contributed by atoms with Crippen molar-refractivity contribution in [3.05, 3.63) is 0 Å². The second-order valence-electron chi connectivity index (χ2n) is 6.01. The highest BCUT2D eigenvalue weighted by atomic mass is 28.4. The molecule has 0 amide bonds. The Morgan fingerprint density at radius 2 is 1.08 bits per heavy atom. The molecular formula is C9H28Si4. The van der Waals surface area contributed by atoms with E-state index in [0.717, 1.165) is 0 Å². The smallest absolute Gasteiger partial charge is 0.0416 e. The summed E-state index contributed by atoms with van der Waals surface area (Å²) in [5.74, 6) is 0. The van der Waals surface area contributed by atoms with Gasteiger partial charge in [0.2, 0.25) is 0 Å². The summed E-state index contributed by atoms with van der Waals surface area (Å²) in [6, 6.07) is 0. The molecule has 0 aromatic heterocycles. The van der Waals surface area contributed by atoms with Gasteiger partial charge in [0.1, 0.15) is 0 Å². The van der Waals surface area contributed by atoms with E-state index in [0.29, 0.717) is 19.0 Å². The molecule has 0 unspecified atom stereocenters. The number of rotatable bonds is 6. The van der Waals surface area contributed by atoms with Crippen molar-refractivity contribution in [3.8, 4) is 0 Å². The Hall–Kier alpha value is 0.868. The van der Waals surface area contributed by atoms with Crippen LogP contribution in [-0.4, -0.2) is 35.2 Å². The fourth-order valence-electron chi connectivity index (χ4n) is 2.83. The highest BCUT2D eigenvalue weighted by Crippen LogP contribution is 2.25. The van der Waals surface area contributed by atoms with Crippen LogP contribution in [0.1, 0.15) is 0 Å². The van der Waals surface area contributed by atoms with Crippen LogP contribution in [0.15, 0.2) is 0 Å². The van der Waals surface area contributed by atoms with Crippen LogP contribution < -0.4 is 0 Å². The zero-order valence-electron chi connectivity index (χ0n) is 10.5. The van der Waals surface area contributed by atoms with E-state index < -0.39 is 16.1 Å². The molecule has 0 rings (SSSR count). The Bertz CT molecular complexity index is 127. The van der Waals surface area contributed by atoms with E-state index in [1.165, 1.54) is 0 Å². The summed E-state index contributed by atoms with van der Waals surface area (Å²) in [6.45, 7) is 15.5. The molecule has 0 atom stereocenters. The summed E-state index contributed by atoms with van der Waals surface area (Å²) < 4.78 is 0. The molecule has 0 bridgehead atoms. The number of hydrogen-bond acceptors (Lipinski definition) is 0. The highest BCUT2D eigenvalue weighted by Gasteiger charge is 2.30. The molecule has 0 nitrogen and oxygen atoms in total. The monoisotopic (exact) mass is 248 g/mol. The second kappa shape index (κ2) is 5.68. The van der Waals surface area contributed by atoms with Gasteiger partial charge in [0, 0.05) is 35.2 Å². The molecule has 13 heavy (non-hydrogen) atoms. The van der Waals surface area contributed by atoms with Gasteiger partial charge in [-0.3, -0.25) is 0 Å². The lowest BCUT2D eigenvalue weighted by Gasteiger charge is -2.32. The van der Waals surface area contributed by atoms with Crippen LogP contribution in [0.3, 0.4) is 0 Å². The molecule has 0 aliphatic rings. The van der Waals surface area contributed by atoms with Crippen molar-refractivity contribution in [2.75, 3.05) is 0 Å². The van der Waals surface area contributed by atoms with E-state index >= 15 is 0 Å². The van der Waals surface area contributed by atoms with Crippen molar-refractivity contribution >= 4 is 35.2 Å². The van der Waals surface area contributed by atoms with Crippen LogP contribution in [0, 0.1) is 0 Å². The van der Waals surface area contributed by atoms with Crippen molar-refractivity contribution in [2.45, 2.75) is 56.3 Å². The molecule has 0 fully saturated rings. The fraction of sp³-hybridized carbons (Fsp3) is 1.00. The molecule has 0 saturated heterocycles. The van der Waals surface area contributed by atoms with E-state index in [-0.39, 0.29) is 0 Å². The third kappa shape index (κ3) is 6.88.